The van der Waals surface area contributed by atoms with Gasteiger partial charge in [-0.05, 0) is 0 Å². The Hall–Kier alpha value is 0.879. The first-order chi connectivity index (χ1) is 21.5. The molecule has 8 atom stereocenters. The summed E-state index contributed by atoms with van der Waals surface area (Å²) < 4.78 is 29.1. The molecule has 20 heterocycles. The molecule has 20 rings (SSSR count). The SMILES string of the molecule is CCP(=O)(CC)NC(=S)N(CCN(C[C]12[CH]3[CH]4[CH]5[CH]1[Fe]45321678[CH]2[CH]1[CH]6[CH]7[CH]28)C(=S)NP(=O)(CC)CC)C[C]12[CH]3[CH]4[CH]5[CH]1[Fe]45321678[CH]2[CH]1[CH]6[CH]7[CH]28. The molecule has 2 N–H and O–H groups in total. The predicted octanol–water partition coefficient (Wildman–Crippen LogP) is 9.49. The van der Waals surface area contributed by atoms with Gasteiger partial charge in [-0.3, -0.25) is 0 Å². The average molecular weight is 783 g/mol. The Labute approximate surface area is 263 Å². The van der Waals surface area contributed by atoms with Crippen LogP contribution in [0.5, 0.6) is 0 Å². The van der Waals surface area contributed by atoms with Crippen molar-refractivity contribution in [2.24, 2.45) is 0 Å². The first-order valence-corrected chi connectivity index (χ1v) is 36.8. The van der Waals surface area contributed by atoms with Gasteiger partial charge in [-0.15, -0.1) is 0 Å². The second kappa shape index (κ2) is 2.54. The number of hydrogen-bond donors (Lipinski definition) is 2. The van der Waals surface area contributed by atoms with E-state index in [1.165, 1.54) is 99.8 Å². The summed E-state index contributed by atoms with van der Waals surface area (Å²) in [6.07, 6.45) is 2.66. The third kappa shape index (κ3) is 0.388. The van der Waals surface area contributed by atoms with Gasteiger partial charge in [0.15, 0.2) is 0 Å². The molecule has 0 aromatic heterocycles. The van der Waals surface area contributed by atoms with Crippen LogP contribution in [0, 0.1) is 0 Å². The molecule has 8 unspecified atom stereocenters. The van der Waals surface area contributed by atoms with E-state index >= 15 is 0 Å². The van der Waals surface area contributed by atoms with Crippen molar-refractivity contribution in [2.75, 3.05) is 50.8 Å². The zero-order chi connectivity index (χ0) is 30.4. The van der Waals surface area contributed by atoms with Gasteiger partial charge in [-0.1, -0.05) is 0 Å². The van der Waals surface area contributed by atoms with E-state index in [-0.39, 0.29) is 0 Å². The molecule has 0 saturated carbocycles. The van der Waals surface area contributed by atoms with Crippen molar-refractivity contribution < 1.29 is 22.1 Å². The van der Waals surface area contributed by atoms with Crippen LogP contribution in [0.15, 0.2) is 0 Å². The Morgan fingerprint density at radius 1 is 0.543 bits per heavy atom. The van der Waals surface area contributed by atoms with E-state index in [1.54, 1.807) is 0 Å². The molecule has 20 aliphatic heterocycles. The van der Waals surface area contributed by atoms with Crippen LogP contribution in [0.4, 0.5) is 0 Å². The van der Waals surface area contributed by atoms with Gasteiger partial charge in [0.1, 0.15) is 0 Å². The minimum absolute atomic E-state index is 0.665. The third-order valence-corrected chi connectivity index (χ3v) is 127. The Morgan fingerprint density at radius 3 is 0.978 bits per heavy atom. The summed E-state index contributed by atoms with van der Waals surface area (Å²) in [4.78, 5) is 28.4. The van der Waals surface area contributed by atoms with Crippen LogP contribution in [-0.2, 0) is 22.1 Å². The van der Waals surface area contributed by atoms with Crippen molar-refractivity contribution >= 4 is 49.2 Å². The monoisotopic (exact) mass is 782 g/mol. The molecule has 0 radical (unpaired) electrons. The molecule has 0 amide bonds. The number of nitrogens with zero attached hydrogens (tertiary/aromatic N) is 2. The van der Waals surface area contributed by atoms with Gasteiger partial charge in [0.25, 0.3) is 0 Å². The van der Waals surface area contributed by atoms with Crippen molar-refractivity contribution in [3.63, 3.8) is 0 Å². The summed E-state index contributed by atoms with van der Waals surface area (Å²) in [5.74, 6) is 0. The summed E-state index contributed by atoms with van der Waals surface area (Å²) in [5, 5.41) is 8.69. The summed E-state index contributed by atoms with van der Waals surface area (Å²) in [5.41, 5.74) is 0. The van der Waals surface area contributed by atoms with Crippen molar-refractivity contribution in [1.82, 2.24) is 20.0 Å². The van der Waals surface area contributed by atoms with Gasteiger partial charge in [-0.25, -0.2) is 0 Å². The first-order valence-electron chi connectivity index (χ1n) is 19.2. The van der Waals surface area contributed by atoms with Gasteiger partial charge < -0.3 is 0 Å². The van der Waals surface area contributed by atoms with Crippen LogP contribution >= 0.6 is 39.0 Å². The van der Waals surface area contributed by atoms with Crippen molar-refractivity contribution in [3.05, 3.63) is 0 Å². The third-order valence-electron chi connectivity index (χ3n) is 34.7. The van der Waals surface area contributed by atoms with Crippen LogP contribution in [0.3, 0.4) is 0 Å². The maximum absolute atomic E-state index is 13.8. The zero-order valence-corrected chi connectivity index (χ0v) is 32.8. The predicted molar refractivity (Wildman–Crippen MR) is 185 cm³/mol. The number of thiocarbonyl (C=S) groups is 2. The summed E-state index contributed by atoms with van der Waals surface area (Å²) in [7, 11) is -5.02. The molecule has 6 nitrogen and oxygen atoms in total. The molecule has 0 bridgehead atoms. The Bertz CT molecular complexity index is 2480. The van der Waals surface area contributed by atoms with Crippen LogP contribution in [0.2, 0.25) is 95.3 Å². The van der Waals surface area contributed by atoms with E-state index < -0.39 is 27.6 Å². The normalized spacial score (nSPS) is 91.9. The van der Waals surface area contributed by atoms with Gasteiger partial charge in [0.05, 0.1) is 0 Å². The Morgan fingerprint density at radius 2 is 0.804 bits per heavy atom. The van der Waals surface area contributed by atoms with Crippen molar-refractivity contribution in [3.8, 4) is 0 Å². The van der Waals surface area contributed by atoms with Crippen LogP contribution in [-0.4, -0.2) is 70.9 Å². The van der Waals surface area contributed by atoms with E-state index in [2.05, 4.69) is 47.7 Å². The zero-order valence-electron chi connectivity index (χ0n) is 27.2. The number of hydrogen-bond acceptors (Lipinski definition) is 4. The molecule has 20 fully saturated rings. The van der Waals surface area contributed by atoms with E-state index in [9.17, 15) is 9.13 Å². The molecule has 20 aliphatic rings. The molecule has 46 heavy (non-hydrogen) atoms. The topological polar surface area (TPSA) is 64.7 Å². The maximum atomic E-state index is 13.8. The molecular weight excluding hydrogens is 734 g/mol. The van der Waals surface area contributed by atoms with Gasteiger partial charge in [-0.2, -0.15) is 0 Å². The van der Waals surface area contributed by atoms with Gasteiger partial charge in [0.2, 0.25) is 0 Å². The van der Waals surface area contributed by atoms with E-state index in [1.807, 2.05) is 0 Å². The molecule has 12 heteroatoms. The molecule has 0 aromatic rings. The first kappa shape index (κ1) is 22.7. The fourth-order valence-electron chi connectivity index (χ4n) is 36.7. The summed E-state index contributed by atoms with van der Waals surface area (Å²) in [6, 6.07) is 0. The second-order valence-electron chi connectivity index (χ2n) is 25.4. The van der Waals surface area contributed by atoms with E-state index in [0.29, 0.717) is 24.6 Å². The molecule has 20 saturated heterocycles. The molecular formula is C34H48Fe2N4O2P2S2. The summed E-state index contributed by atoms with van der Waals surface area (Å²) >= 11 is 12.7. The standard InChI is InChI=1S/C24H38N4O2P2S2.2C5H5.2Fe/c1-5-31(29,6-2)25-23(33)27(19-21-13-9-10-14-21)17-18-28(20-22-15-11-12-16-22)24(34)26-32(30,7-3)8-4;2*1-2-4-5-3-1;;/h9-16H,5-8,17-20H2,1-4H3,(H,25,29,33)(H,26,30,34);2*1-5H;;. The van der Waals surface area contributed by atoms with Crippen LogP contribution in [0.1, 0.15) is 27.7 Å². The van der Waals surface area contributed by atoms with Gasteiger partial charge in [0, 0.05) is 0 Å². The molecule has 2 spiro atoms. The Balaban J connectivity index is 0.704. The number of fused-ring (bicyclic) bond motifs is 20. The average Bonchev–Trinajstić information content (AvgIpc) is 3.93. The molecule has 254 valence electrons. The van der Waals surface area contributed by atoms with Crippen molar-refractivity contribution in [1.29, 1.82) is 0 Å². The van der Waals surface area contributed by atoms with E-state index in [0.717, 1.165) is 31.9 Å². The minimum atomic E-state index is -3.33. The molecule has 0 aromatic carbocycles. The van der Waals surface area contributed by atoms with Gasteiger partial charge >= 0.3 is 265 Å². The summed E-state index contributed by atoms with van der Waals surface area (Å²) in [6.45, 7) is 5.82. The van der Waals surface area contributed by atoms with Crippen LogP contribution in [0.25, 0.3) is 0 Å². The van der Waals surface area contributed by atoms with Crippen molar-refractivity contribution in [2.45, 2.75) is 123 Å². The second-order valence-corrected chi connectivity index (χ2v) is 80.0. The quantitative estimate of drug-likeness (QED) is 0.109. The fourth-order valence-corrected chi connectivity index (χ4v) is 190. The number of nitrogens with one attached hydrogen (secondary N) is 2. The number of rotatable bonds is 13. The fraction of sp³-hybridized carbons (Fsp3) is 0.941. The Kier molecular flexibility index (Phi) is 1.25. The van der Waals surface area contributed by atoms with Crippen LogP contribution < -0.4 is 10.2 Å². The molecule has 0 aliphatic carbocycles. The van der Waals surface area contributed by atoms with E-state index in [4.69, 9.17) is 24.4 Å².